The summed E-state index contributed by atoms with van der Waals surface area (Å²) in [6.45, 7) is 4.36. The highest BCUT2D eigenvalue weighted by Gasteiger charge is 2.48. The number of nitrogens with one attached hydrogen (secondary N) is 4. The molecule has 0 saturated heterocycles. The summed E-state index contributed by atoms with van der Waals surface area (Å²) >= 11 is 7.51. The van der Waals surface area contributed by atoms with Crippen LogP contribution in [0.3, 0.4) is 0 Å². The Hall–Kier alpha value is -4.14. The fourth-order valence-electron chi connectivity index (χ4n) is 7.06. The fraction of sp³-hybridized carbons (Fsp3) is 0.400. The highest BCUT2D eigenvalue weighted by Crippen LogP contribution is 2.37. The SMILES string of the molecule is COCCN(CCOC)CC[C@H](CSc1ccccc1)Nc1ccc(S(=O)(=O)NC(=O)c2ccc(NCCNCC3=C(c4ccc(Cl)cc4)CCCC3)cc2)cc1S(=O)(=O)C(F)(F)F. The largest absolute Gasteiger partial charge is 0.501 e. The quantitative estimate of drug-likeness (QED) is 0.0373. The van der Waals surface area contributed by atoms with Crippen LogP contribution < -0.4 is 20.7 Å². The highest BCUT2D eigenvalue weighted by molar-refractivity contribution is 7.99. The van der Waals surface area contributed by atoms with E-state index in [-0.39, 0.29) is 5.56 Å². The molecule has 1 aliphatic carbocycles. The first-order chi connectivity index (χ1) is 30.6. The lowest BCUT2D eigenvalue weighted by Crippen LogP contribution is -2.36. The maximum Gasteiger partial charge on any atom is 0.501 e. The predicted octanol–water partition coefficient (Wildman–Crippen LogP) is 8.34. The lowest BCUT2D eigenvalue weighted by molar-refractivity contribution is -0.0435. The number of sulfone groups is 1. The number of allylic oxidation sites excluding steroid dienone is 1. The predicted molar refractivity (Wildman–Crippen MR) is 248 cm³/mol. The number of anilines is 2. The van der Waals surface area contributed by atoms with E-state index in [0.29, 0.717) is 74.9 Å². The van der Waals surface area contributed by atoms with Crippen molar-refractivity contribution in [3.05, 3.63) is 119 Å². The van der Waals surface area contributed by atoms with Crippen molar-refractivity contribution in [2.24, 2.45) is 0 Å². The Morgan fingerprint density at radius 3 is 2.17 bits per heavy atom. The number of carbonyl (C=O) groups excluding carboxylic acids is 1. The molecule has 4 aromatic carbocycles. The van der Waals surface area contributed by atoms with Gasteiger partial charge in [-0.25, -0.2) is 21.6 Å². The van der Waals surface area contributed by atoms with Gasteiger partial charge in [-0.15, -0.1) is 11.8 Å². The summed E-state index contributed by atoms with van der Waals surface area (Å²) in [6.07, 6.45) is 4.69. The third kappa shape index (κ3) is 15.0. The van der Waals surface area contributed by atoms with Crippen LogP contribution in [0.5, 0.6) is 0 Å². The summed E-state index contributed by atoms with van der Waals surface area (Å²) in [4.78, 5) is 14.0. The second kappa shape index (κ2) is 24.4. The number of rotatable bonds is 25. The first-order valence-electron chi connectivity index (χ1n) is 20.8. The minimum atomic E-state index is -6.08. The average molecular weight is 967 g/mol. The zero-order valence-electron chi connectivity index (χ0n) is 35.8. The molecule has 1 amide bonds. The van der Waals surface area contributed by atoms with E-state index in [9.17, 15) is 34.8 Å². The Morgan fingerprint density at radius 2 is 1.52 bits per heavy atom. The molecule has 0 unspecified atom stereocenters. The van der Waals surface area contributed by atoms with Gasteiger partial charge in [0.1, 0.15) is 4.90 Å². The first kappa shape index (κ1) is 50.9. The molecule has 348 valence electrons. The van der Waals surface area contributed by atoms with Gasteiger partial charge in [0.15, 0.2) is 0 Å². The van der Waals surface area contributed by atoms with Gasteiger partial charge in [-0.2, -0.15) is 13.2 Å². The standard InChI is InChI=1S/C45H55ClF3N5O7S3/c1-60-28-26-54(27-29-61-2)25-22-38(32-62-39-9-4-3-5-10-39)52-42-21-20-40(30-43(42)63(56,57)45(47,48)49)64(58,59)53-44(55)34-14-18-37(19-15-34)51-24-23-50-31-35-8-6-7-11-41(35)33-12-16-36(46)17-13-33/h3-5,9-10,12-21,30,38,50-52H,6-8,11,22-29,31-32H2,1-2H3,(H,53,55)/t38-/m1/s1. The van der Waals surface area contributed by atoms with E-state index < -0.39 is 52.8 Å². The molecule has 64 heavy (non-hydrogen) atoms. The lowest BCUT2D eigenvalue weighted by atomic mass is 9.87. The molecule has 1 atom stereocenters. The molecule has 5 rings (SSSR count). The Kier molecular flexibility index (Phi) is 19.4. The number of carbonyl (C=O) groups is 1. The molecule has 0 heterocycles. The Bertz CT molecular complexity index is 2370. The molecule has 4 N–H and O–H groups in total. The monoisotopic (exact) mass is 965 g/mol. The van der Waals surface area contributed by atoms with E-state index in [2.05, 4.69) is 33.0 Å². The van der Waals surface area contributed by atoms with Crippen molar-refractivity contribution in [3.8, 4) is 0 Å². The molecule has 0 saturated carbocycles. The van der Waals surface area contributed by atoms with E-state index in [1.165, 1.54) is 40.6 Å². The first-order valence-corrected chi connectivity index (χ1v) is 25.1. The third-order valence-corrected chi connectivity index (χ3v) is 14.8. The van der Waals surface area contributed by atoms with E-state index in [1.807, 2.05) is 47.2 Å². The van der Waals surface area contributed by atoms with Crippen molar-refractivity contribution in [3.63, 3.8) is 0 Å². The summed E-state index contributed by atoms with van der Waals surface area (Å²) in [7, 11) is -7.80. The van der Waals surface area contributed by atoms with Crippen LogP contribution in [0.15, 0.2) is 117 Å². The highest BCUT2D eigenvalue weighted by atomic mass is 35.5. The van der Waals surface area contributed by atoms with Crippen LogP contribution in [0.1, 0.15) is 48.0 Å². The second-order valence-corrected chi connectivity index (χ2v) is 20.2. The number of alkyl halides is 3. The fourth-order valence-corrected chi connectivity index (χ4v) is 10.2. The Morgan fingerprint density at radius 1 is 0.844 bits per heavy atom. The summed E-state index contributed by atoms with van der Waals surface area (Å²) in [6, 6.07) is 25.0. The molecule has 0 radical (unpaired) electrons. The Labute approximate surface area is 383 Å². The van der Waals surface area contributed by atoms with E-state index in [1.54, 1.807) is 26.4 Å². The zero-order valence-corrected chi connectivity index (χ0v) is 39.0. The normalized spacial score (nSPS) is 14.1. The number of thioether (sulfide) groups is 1. The van der Waals surface area contributed by atoms with Gasteiger partial charge in [0, 0.05) is 86.5 Å². The van der Waals surface area contributed by atoms with Gasteiger partial charge in [-0.05, 0) is 110 Å². The molecule has 0 aromatic heterocycles. The molecule has 12 nitrogen and oxygen atoms in total. The number of ether oxygens (including phenoxy) is 2. The smallest absolute Gasteiger partial charge is 0.384 e. The van der Waals surface area contributed by atoms with Crippen molar-refractivity contribution in [2.75, 3.05) is 83.1 Å². The van der Waals surface area contributed by atoms with E-state index in [0.717, 1.165) is 49.3 Å². The summed E-state index contributed by atoms with van der Waals surface area (Å²) in [5, 5.41) is 10.4. The minimum Gasteiger partial charge on any atom is -0.384 e. The molecule has 0 bridgehead atoms. The number of methoxy groups -OCH3 is 2. The molecule has 0 fully saturated rings. The molecule has 0 spiro atoms. The number of sulfonamides is 1. The topological polar surface area (TPSA) is 155 Å². The van der Waals surface area contributed by atoms with Crippen LogP contribution in [-0.2, 0) is 29.3 Å². The van der Waals surface area contributed by atoms with Crippen LogP contribution in [0.25, 0.3) is 5.57 Å². The van der Waals surface area contributed by atoms with Crippen molar-refractivity contribution in [2.45, 2.75) is 58.3 Å². The van der Waals surface area contributed by atoms with Crippen LogP contribution in [0.4, 0.5) is 24.5 Å². The van der Waals surface area contributed by atoms with Gasteiger partial charge in [0.25, 0.3) is 25.8 Å². The van der Waals surface area contributed by atoms with E-state index >= 15 is 0 Å². The molecule has 0 aliphatic heterocycles. The van der Waals surface area contributed by atoms with Crippen LogP contribution in [0, 0.1) is 0 Å². The number of benzene rings is 4. The van der Waals surface area contributed by atoms with Gasteiger partial charge in [-0.3, -0.25) is 9.69 Å². The number of hydrogen-bond acceptors (Lipinski definition) is 12. The molecular weight excluding hydrogens is 911 g/mol. The summed E-state index contributed by atoms with van der Waals surface area (Å²) in [5.41, 5.74) is -1.66. The van der Waals surface area contributed by atoms with Crippen LogP contribution in [-0.4, -0.2) is 112 Å². The lowest BCUT2D eigenvalue weighted by Gasteiger charge is -2.27. The molecule has 4 aromatic rings. The number of hydrogen-bond donors (Lipinski definition) is 4. The van der Waals surface area contributed by atoms with Crippen molar-refractivity contribution in [1.82, 2.24) is 14.9 Å². The molecule has 19 heteroatoms. The van der Waals surface area contributed by atoms with Gasteiger partial charge in [0.05, 0.1) is 23.8 Å². The van der Waals surface area contributed by atoms with Crippen molar-refractivity contribution in [1.29, 1.82) is 0 Å². The van der Waals surface area contributed by atoms with Gasteiger partial charge in [0.2, 0.25) is 0 Å². The maximum atomic E-state index is 14.2. The Balaban J connectivity index is 1.25. The van der Waals surface area contributed by atoms with Gasteiger partial charge >= 0.3 is 5.51 Å². The summed E-state index contributed by atoms with van der Waals surface area (Å²) in [5.74, 6) is -0.734. The van der Waals surface area contributed by atoms with Gasteiger partial charge < -0.3 is 25.4 Å². The van der Waals surface area contributed by atoms with Crippen molar-refractivity contribution < 1.29 is 44.3 Å². The van der Waals surface area contributed by atoms with E-state index in [4.69, 9.17) is 21.1 Å². The van der Waals surface area contributed by atoms with Crippen LogP contribution in [0.2, 0.25) is 5.02 Å². The zero-order chi connectivity index (χ0) is 46.2. The van der Waals surface area contributed by atoms with Crippen molar-refractivity contribution >= 4 is 66.1 Å². The number of amides is 1. The van der Waals surface area contributed by atoms with Gasteiger partial charge in [-0.1, -0.05) is 47.5 Å². The molecule has 1 aliphatic rings. The summed E-state index contributed by atoms with van der Waals surface area (Å²) < 4.78 is 108. The maximum absolute atomic E-state index is 14.2. The molecular formula is C45H55ClF3N5O7S3. The number of halogens is 4. The minimum absolute atomic E-state index is 0.0450. The second-order valence-electron chi connectivity index (χ2n) is 15.1. The average Bonchev–Trinajstić information content (AvgIpc) is 3.28. The third-order valence-electron chi connectivity index (χ3n) is 10.5. The van der Waals surface area contributed by atoms with Crippen LogP contribution >= 0.6 is 23.4 Å². The number of nitrogens with zero attached hydrogens (tertiary/aromatic N) is 1.